The molecule has 262 valence electrons. The number of nitrogens with zero attached hydrogens (tertiary/aromatic N) is 1. The van der Waals surface area contributed by atoms with Gasteiger partial charge < -0.3 is 4.90 Å². The Morgan fingerprint density at radius 1 is 0.404 bits per heavy atom. The van der Waals surface area contributed by atoms with Crippen LogP contribution in [-0.2, 0) is 5.41 Å². The number of fused-ring (bicyclic) bond motifs is 3. The largest absolute Gasteiger partial charge is 0.310 e. The van der Waals surface area contributed by atoms with Gasteiger partial charge in [0.2, 0.25) is 0 Å². The summed E-state index contributed by atoms with van der Waals surface area (Å²) < 4.78 is 0. The Balaban J connectivity index is 1.09. The van der Waals surface area contributed by atoms with Crippen molar-refractivity contribution < 1.29 is 0 Å². The second-order valence-electron chi connectivity index (χ2n) is 15.8. The van der Waals surface area contributed by atoms with E-state index in [1.54, 1.807) is 0 Å². The van der Waals surface area contributed by atoms with Gasteiger partial charge in [-0.05, 0) is 105 Å². The quantitative estimate of drug-likeness (QED) is 0.169. The molecule has 1 saturated carbocycles. The SMILES string of the molecule is CC1(C)c2ccccc2-c2ccc(N(c3ccc(-c4ccccc4)cc3)c3ccc(-c4ccc(C5CCCCCCCCCCC5)cc4)cc3)cc21. The molecule has 0 unspecified atom stereocenters. The molecule has 6 aromatic carbocycles. The van der Waals surface area contributed by atoms with Crippen LogP contribution < -0.4 is 4.90 Å². The summed E-state index contributed by atoms with van der Waals surface area (Å²) in [6, 6.07) is 54.4. The van der Waals surface area contributed by atoms with Crippen LogP contribution in [0.25, 0.3) is 33.4 Å². The number of anilines is 3. The molecule has 0 radical (unpaired) electrons. The summed E-state index contributed by atoms with van der Waals surface area (Å²) in [6.07, 6.45) is 15.3. The lowest BCUT2D eigenvalue weighted by molar-refractivity contribution is 0.467. The van der Waals surface area contributed by atoms with Gasteiger partial charge in [0.1, 0.15) is 0 Å². The molecule has 8 rings (SSSR count). The zero-order valence-corrected chi connectivity index (χ0v) is 31.2. The first kappa shape index (κ1) is 34.2. The van der Waals surface area contributed by atoms with Gasteiger partial charge in [0.05, 0.1) is 0 Å². The molecule has 6 aromatic rings. The van der Waals surface area contributed by atoms with Crippen LogP contribution in [-0.4, -0.2) is 0 Å². The number of benzene rings is 6. The first-order valence-corrected chi connectivity index (χ1v) is 20.0. The molecule has 1 nitrogen and oxygen atoms in total. The van der Waals surface area contributed by atoms with E-state index in [1.807, 2.05) is 0 Å². The lowest BCUT2D eigenvalue weighted by Crippen LogP contribution is -2.16. The van der Waals surface area contributed by atoms with Crippen molar-refractivity contribution in [2.24, 2.45) is 0 Å². The summed E-state index contributed by atoms with van der Waals surface area (Å²) in [5.74, 6) is 0.697. The fraction of sp³-hybridized carbons (Fsp3) is 0.294. The van der Waals surface area contributed by atoms with Gasteiger partial charge in [-0.25, -0.2) is 0 Å². The van der Waals surface area contributed by atoms with Crippen LogP contribution in [0.5, 0.6) is 0 Å². The van der Waals surface area contributed by atoms with Crippen LogP contribution in [0, 0.1) is 0 Å². The second-order valence-corrected chi connectivity index (χ2v) is 15.8. The van der Waals surface area contributed by atoms with Crippen LogP contribution in [0.4, 0.5) is 17.1 Å². The second kappa shape index (κ2) is 15.4. The van der Waals surface area contributed by atoms with Crippen LogP contribution in [0.15, 0.2) is 146 Å². The van der Waals surface area contributed by atoms with Gasteiger partial charge in [0.15, 0.2) is 0 Å². The molecular formula is C51H53N. The van der Waals surface area contributed by atoms with Crippen LogP contribution in [0.3, 0.4) is 0 Å². The first-order valence-electron chi connectivity index (χ1n) is 20.0. The van der Waals surface area contributed by atoms with Crippen molar-refractivity contribution in [1.82, 2.24) is 0 Å². The van der Waals surface area contributed by atoms with Crippen molar-refractivity contribution in [3.05, 3.63) is 162 Å². The summed E-state index contributed by atoms with van der Waals surface area (Å²) in [7, 11) is 0. The highest BCUT2D eigenvalue weighted by Gasteiger charge is 2.35. The minimum atomic E-state index is -0.0615. The minimum absolute atomic E-state index is 0.0615. The topological polar surface area (TPSA) is 3.24 Å². The minimum Gasteiger partial charge on any atom is -0.310 e. The highest BCUT2D eigenvalue weighted by atomic mass is 15.1. The molecule has 0 heterocycles. The third-order valence-electron chi connectivity index (χ3n) is 12.0. The maximum Gasteiger partial charge on any atom is 0.0465 e. The van der Waals surface area contributed by atoms with Crippen molar-refractivity contribution in [3.8, 4) is 33.4 Å². The van der Waals surface area contributed by atoms with Crippen molar-refractivity contribution in [3.63, 3.8) is 0 Å². The van der Waals surface area contributed by atoms with Crippen LogP contribution in [0.2, 0.25) is 0 Å². The average Bonchev–Trinajstić information content (AvgIpc) is 3.42. The monoisotopic (exact) mass is 679 g/mol. The lowest BCUT2D eigenvalue weighted by Gasteiger charge is -2.28. The molecule has 1 heteroatoms. The van der Waals surface area contributed by atoms with Gasteiger partial charge >= 0.3 is 0 Å². The molecule has 0 aromatic heterocycles. The molecule has 0 spiro atoms. The molecule has 2 aliphatic carbocycles. The predicted octanol–water partition coefficient (Wildman–Crippen LogP) is 15.2. The van der Waals surface area contributed by atoms with E-state index in [0.29, 0.717) is 5.92 Å². The molecule has 0 aliphatic heterocycles. The fourth-order valence-corrected chi connectivity index (χ4v) is 8.96. The third-order valence-corrected chi connectivity index (χ3v) is 12.0. The molecule has 0 amide bonds. The zero-order chi connectivity index (χ0) is 35.3. The van der Waals surface area contributed by atoms with E-state index in [0.717, 1.165) is 11.4 Å². The number of hydrogen-bond acceptors (Lipinski definition) is 1. The van der Waals surface area contributed by atoms with E-state index in [9.17, 15) is 0 Å². The highest BCUT2D eigenvalue weighted by Crippen LogP contribution is 2.50. The number of hydrogen-bond donors (Lipinski definition) is 0. The predicted molar refractivity (Wildman–Crippen MR) is 223 cm³/mol. The fourth-order valence-electron chi connectivity index (χ4n) is 8.96. The summed E-state index contributed by atoms with van der Waals surface area (Å²) in [4.78, 5) is 2.42. The maximum absolute atomic E-state index is 2.43. The molecule has 0 atom stereocenters. The van der Waals surface area contributed by atoms with E-state index >= 15 is 0 Å². The Bertz CT molecular complexity index is 2060. The standard InChI is InChI=1S/C51H53N/c1-51(2)49-22-16-15-21-47(49)48-36-35-46(37-50(48)51)52(44-31-27-42(28-32-44)39-19-13-10-14-20-39)45-33-29-43(30-34-45)41-25-23-40(24-26-41)38-17-11-8-6-4-3-5-7-9-12-18-38/h10,13-16,19-38H,3-9,11-12,17-18H2,1-2H3. The lowest BCUT2D eigenvalue weighted by atomic mass is 9.82. The summed E-state index contributed by atoms with van der Waals surface area (Å²) in [5.41, 5.74) is 15.5. The van der Waals surface area contributed by atoms with E-state index in [2.05, 4.69) is 164 Å². The molecule has 0 N–H and O–H groups in total. The Morgan fingerprint density at radius 2 is 0.846 bits per heavy atom. The zero-order valence-electron chi connectivity index (χ0n) is 31.2. The van der Waals surface area contributed by atoms with E-state index in [4.69, 9.17) is 0 Å². The number of rotatable bonds is 6. The molecule has 1 fully saturated rings. The normalized spacial score (nSPS) is 16.3. The molecule has 0 saturated heterocycles. The Labute approximate surface area is 312 Å². The van der Waals surface area contributed by atoms with Gasteiger partial charge in [0.25, 0.3) is 0 Å². The Morgan fingerprint density at radius 3 is 1.42 bits per heavy atom. The Kier molecular flexibility index (Phi) is 10.1. The highest BCUT2D eigenvalue weighted by molar-refractivity contribution is 5.86. The summed E-state index contributed by atoms with van der Waals surface area (Å²) >= 11 is 0. The summed E-state index contributed by atoms with van der Waals surface area (Å²) in [6.45, 7) is 4.73. The summed E-state index contributed by atoms with van der Waals surface area (Å²) in [5, 5.41) is 0. The van der Waals surface area contributed by atoms with Gasteiger partial charge in [-0.2, -0.15) is 0 Å². The van der Waals surface area contributed by atoms with Crippen LogP contribution >= 0.6 is 0 Å². The molecule has 0 bridgehead atoms. The van der Waals surface area contributed by atoms with E-state index < -0.39 is 0 Å². The van der Waals surface area contributed by atoms with Crippen molar-refractivity contribution >= 4 is 17.1 Å². The molecule has 2 aliphatic rings. The van der Waals surface area contributed by atoms with Crippen molar-refractivity contribution in [1.29, 1.82) is 0 Å². The van der Waals surface area contributed by atoms with Gasteiger partial charge in [-0.3, -0.25) is 0 Å². The van der Waals surface area contributed by atoms with E-state index in [1.165, 1.54) is 126 Å². The van der Waals surface area contributed by atoms with Crippen molar-refractivity contribution in [2.45, 2.75) is 95.8 Å². The third kappa shape index (κ3) is 7.11. The van der Waals surface area contributed by atoms with Crippen LogP contribution in [0.1, 0.15) is 107 Å². The molecular weight excluding hydrogens is 627 g/mol. The maximum atomic E-state index is 2.43. The van der Waals surface area contributed by atoms with Gasteiger partial charge in [-0.1, -0.05) is 181 Å². The van der Waals surface area contributed by atoms with E-state index in [-0.39, 0.29) is 5.41 Å². The Hall–Kier alpha value is -4.88. The smallest absolute Gasteiger partial charge is 0.0465 e. The molecule has 52 heavy (non-hydrogen) atoms. The first-order chi connectivity index (χ1) is 25.6. The van der Waals surface area contributed by atoms with Crippen molar-refractivity contribution in [2.75, 3.05) is 4.90 Å². The van der Waals surface area contributed by atoms with Gasteiger partial charge in [0, 0.05) is 22.5 Å². The average molecular weight is 680 g/mol. The van der Waals surface area contributed by atoms with Gasteiger partial charge in [-0.15, -0.1) is 0 Å².